The molecule has 0 fully saturated rings. The molecule has 2 rings (SSSR count). The monoisotopic (exact) mass is 513 g/mol. The number of amides is 3. The number of hydroxylamine groups is 1. The normalized spacial score (nSPS) is 13.4. The van der Waals surface area contributed by atoms with Crippen molar-refractivity contribution >= 4 is 35.3 Å². The van der Waals surface area contributed by atoms with Gasteiger partial charge in [-0.15, -0.1) is 0 Å². The van der Waals surface area contributed by atoms with Gasteiger partial charge in [0.1, 0.15) is 6.04 Å². The fourth-order valence-corrected chi connectivity index (χ4v) is 5.02. The van der Waals surface area contributed by atoms with E-state index in [4.69, 9.17) is 0 Å². The number of hydrogen-bond acceptors (Lipinski definition) is 6. The molecule has 0 aliphatic rings. The summed E-state index contributed by atoms with van der Waals surface area (Å²) in [6, 6.07) is 17.3. The molecular formula is C27H35N3O5S. The predicted molar refractivity (Wildman–Crippen MR) is 141 cm³/mol. The summed E-state index contributed by atoms with van der Waals surface area (Å²) in [7, 11) is 1.50. The maximum atomic E-state index is 13.5. The van der Waals surface area contributed by atoms with Crippen LogP contribution in [0.3, 0.4) is 0 Å². The van der Waals surface area contributed by atoms with Crippen molar-refractivity contribution in [3.63, 3.8) is 0 Å². The summed E-state index contributed by atoms with van der Waals surface area (Å²) in [6.45, 7) is 3.86. The highest BCUT2D eigenvalue weighted by atomic mass is 32.2. The first-order chi connectivity index (χ1) is 17.3. The third-order valence-electron chi connectivity index (χ3n) is 5.78. The molecule has 0 heterocycles. The first kappa shape index (κ1) is 29.1. The Morgan fingerprint density at radius 3 is 2.03 bits per heavy atom. The first-order valence-corrected chi connectivity index (χ1v) is 13.1. The van der Waals surface area contributed by atoms with Crippen LogP contribution >= 0.6 is 11.8 Å². The summed E-state index contributed by atoms with van der Waals surface area (Å²) < 4.78 is 0. The molecule has 0 saturated heterocycles. The SMILES string of the molecule is CNC(=O)[C@H](Cc1ccccc1)NC(=O)[C@H](CC(C)C)[C@H](CSCC(=O)c1ccccc1)C(=O)NO. The van der Waals surface area contributed by atoms with Gasteiger partial charge in [0.2, 0.25) is 17.7 Å². The standard InChI is InChI=1S/C27H35N3O5S/c1-18(2)14-21(25(32)29-23(27(34)28-3)15-19-10-6-4-7-11-19)22(26(33)30-35)16-36-17-24(31)20-12-8-5-9-13-20/h4-13,18,21-23,35H,14-17H2,1-3H3,(H,28,34)(H,29,32)(H,30,33)/t21-,22+,23+/m1/s1. The molecule has 0 unspecified atom stereocenters. The third-order valence-corrected chi connectivity index (χ3v) is 6.84. The van der Waals surface area contributed by atoms with Gasteiger partial charge in [0.15, 0.2) is 5.78 Å². The lowest BCUT2D eigenvalue weighted by Gasteiger charge is -2.28. The Hall–Kier alpha value is -3.17. The van der Waals surface area contributed by atoms with Gasteiger partial charge in [-0.25, -0.2) is 5.48 Å². The van der Waals surface area contributed by atoms with Crippen molar-refractivity contribution in [1.29, 1.82) is 0 Å². The maximum absolute atomic E-state index is 13.5. The highest BCUT2D eigenvalue weighted by molar-refractivity contribution is 8.00. The lowest BCUT2D eigenvalue weighted by atomic mass is 9.84. The van der Waals surface area contributed by atoms with Gasteiger partial charge in [0.25, 0.3) is 0 Å². The van der Waals surface area contributed by atoms with Crippen molar-refractivity contribution in [2.45, 2.75) is 32.7 Å². The topological polar surface area (TPSA) is 125 Å². The van der Waals surface area contributed by atoms with Crippen molar-refractivity contribution < 1.29 is 24.4 Å². The molecule has 2 aromatic carbocycles. The molecule has 0 bridgehead atoms. The number of likely N-dealkylation sites (N-methyl/N-ethyl adjacent to an activating group) is 1. The predicted octanol–water partition coefficient (Wildman–Crippen LogP) is 2.86. The van der Waals surface area contributed by atoms with Crippen LogP contribution in [0, 0.1) is 17.8 Å². The van der Waals surface area contributed by atoms with E-state index in [1.165, 1.54) is 18.8 Å². The molecule has 9 heteroatoms. The van der Waals surface area contributed by atoms with Gasteiger partial charge in [-0.05, 0) is 17.9 Å². The van der Waals surface area contributed by atoms with Crippen molar-refractivity contribution in [3.05, 3.63) is 71.8 Å². The molecule has 0 aliphatic carbocycles. The lowest BCUT2D eigenvalue weighted by Crippen LogP contribution is -2.51. The Morgan fingerprint density at radius 2 is 1.47 bits per heavy atom. The number of rotatable bonds is 14. The number of ketones is 1. The second-order valence-electron chi connectivity index (χ2n) is 8.99. The van der Waals surface area contributed by atoms with Crippen LogP contribution in [-0.2, 0) is 20.8 Å². The molecule has 3 amide bonds. The van der Waals surface area contributed by atoms with Crippen molar-refractivity contribution in [2.75, 3.05) is 18.6 Å². The molecule has 0 radical (unpaired) electrons. The third kappa shape index (κ3) is 9.13. The molecule has 0 saturated carbocycles. The van der Waals surface area contributed by atoms with Crippen LogP contribution in [0.1, 0.15) is 36.2 Å². The van der Waals surface area contributed by atoms with Crippen LogP contribution in [0.25, 0.3) is 0 Å². The molecule has 194 valence electrons. The minimum atomic E-state index is -0.895. The maximum Gasteiger partial charge on any atom is 0.248 e. The number of benzene rings is 2. The van der Waals surface area contributed by atoms with Crippen molar-refractivity contribution in [2.24, 2.45) is 17.8 Å². The van der Waals surface area contributed by atoms with Crippen LogP contribution in [0.4, 0.5) is 0 Å². The van der Waals surface area contributed by atoms with E-state index in [1.54, 1.807) is 29.7 Å². The van der Waals surface area contributed by atoms with E-state index in [-0.39, 0.29) is 35.5 Å². The molecule has 4 N–H and O–H groups in total. The van der Waals surface area contributed by atoms with E-state index in [1.807, 2.05) is 50.2 Å². The fraction of sp³-hybridized carbons (Fsp3) is 0.407. The smallest absolute Gasteiger partial charge is 0.248 e. The Labute approximate surface area is 216 Å². The number of hydrogen-bond donors (Lipinski definition) is 4. The van der Waals surface area contributed by atoms with E-state index < -0.39 is 29.7 Å². The average Bonchev–Trinajstić information content (AvgIpc) is 2.89. The van der Waals surface area contributed by atoms with Crippen LogP contribution in [0.5, 0.6) is 0 Å². The minimum Gasteiger partial charge on any atom is -0.357 e. The quantitative estimate of drug-likeness (QED) is 0.175. The van der Waals surface area contributed by atoms with E-state index in [2.05, 4.69) is 10.6 Å². The number of thioether (sulfide) groups is 1. The number of Topliss-reactive ketones (excluding diaryl/α,β-unsaturated/α-hetero) is 1. The summed E-state index contributed by atoms with van der Waals surface area (Å²) in [5.41, 5.74) is 3.12. The molecule has 0 spiro atoms. The average molecular weight is 514 g/mol. The Kier molecular flexibility index (Phi) is 12.2. The summed E-state index contributed by atoms with van der Waals surface area (Å²) in [5.74, 6) is -2.93. The molecule has 0 aliphatic heterocycles. The van der Waals surface area contributed by atoms with Gasteiger partial charge in [-0.3, -0.25) is 24.4 Å². The molecular weight excluding hydrogens is 478 g/mol. The number of nitrogens with one attached hydrogen (secondary N) is 3. The molecule has 0 aromatic heterocycles. The van der Waals surface area contributed by atoms with E-state index >= 15 is 0 Å². The lowest BCUT2D eigenvalue weighted by molar-refractivity contribution is -0.140. The van der Waals surface area contributed by atoms with Crippen molar-refractivity contribution in [1.82, 2.24) is 16.1 Å². The summed E-state index contributed by atoms with van der Waals surface area (Å²) in [5, 5.41) is 14.8. The largest absolute Gasteiger partial charge is 0.357 e. The minimum absolute atomic E-state index is 0.0678. The molecule has 8 nitrogen and oxygen atoms in total. The van der Waals surface area contributed by atoms with Crippen LogP contribution in [0.15, 0.2) is 60.7 Å². The summed E-state index contributed by atoms with van der Waals surface area (Å²) in [4.78, 5) is 51.1. The fourth-order valence-electron chi connectivity index (χ4n) is 3.92. The van der Waals surface area contributed by atoms with Gasteiger partial charge in [-0.2, -0.15) is 11.8 Å². The summed E-state index contributed by atoms with van der Waals surface area (Å²) in [6.07, 6.45) is 0.654. The zero-order valence-electron chi connectivity index (χ0n) is 20.9. The van der Waals surface area contributed by atoms with Gasteiger partial charge in [0, 0.05) is 24.8 Å². The summed E-state index contributed by atoms with van der Waals surface area (Å²) >= 11 is 1.23. The van der Waals surface area contributed by atoms with E-state index in [0.29, 0.717) is 12.0 Å². The van der Waals surface area contributed by atoms with Gasteiger partial charge < -0.3 is 10.6 Å². The van der Waals surface area contributed by atoms with Crippen LogP contribution in [-0.4, -0.2) is 53.3 Å². The zero-order chi connectivity index (χ0) is 26.5. The van der Waals surface area contributed by atoms with Gasteiger partial charge in [-0.1, -0.05) is 74.5 Å². The van der Waals surface area contributed by atoms with Crippen LogP contribution < -0.4 is 16.1 Å². The second kappa shape index (κ2) is 15.1. The van der Waals surface area contributed by atoms with Gasteiger partial charge >= 0.3 is 0 Å². The van der Waals surface area contributed by atoms with E-state index in [0.717, 1.165) is 5.56 Å². The molecule has 36 heavy (non-hydrogen) atoms. The van der Waals surface area contributed by atoms with Gasteiger partial charge in [0.05, 0.1) is 17.6 Å². The second-order valence-corrected chi connectivity index (χ2v) is 10.0. The zero-order valence-corrected chi connectivity index (χ0v) is 21.7. The Bertz CT molecular complexity index is 1000. The Morgan fingerprint density at radius 1 is 0.861 bits per heavy atom. The number of carbonyl (C=O) groups is 4. The van der Waals surface area contributed by atoms with E-state index in [9.17, 15) is 24.4 Å². The molecule has 2 aromatic rings. The first-order valence-electron chi connectivity index (χ1n) is 11.9. The molecule has 3 atom stereocenters. The highest BCUT2D eigenvalue weighted by Crippen LogP contribution is 2.26. The Balaban J connectivity index is 2.18. The highest BCUT2D eigenvalue weighted by Gasteiger charge is 2.36. The number of carbonyl (C=O) groups excluding carboxylic acids is 4. The van der Waals surface area contributed by atoms with Crippen LogP contribution in [0.2, 0.25) is 0 Å². The van der Waals surface area contributed by atoms with Crippen molar-refractivity contribution in [3.8, 4) is 0 Å².